The molecule has 5 nitrogen and oxygen atoms in total. The molecular weight excluding hydrogens is 206 g/mol. The Kier molecular flexibility index (Phi) is 4.03. The second-order valence-corrected chi connectivity index (χ2v) is 5.04. The monoisotopic (exact) mass is 222 g/mol. The normalized spacial score (nSPS) is 40.4. The summed E-state index contributed by atoms with van der Waals surface area (Å²) in [4.78, 5) is 0. The zero-order chi connectivity index (χ0) is 10.9. The van der Waals surface area contributed by atoms with Crippen LogP contribution in [0.5, 0.6) is 0 Å². The van der Waals surface area contributed by atoms with E-state index in [1.165, 1.54) is 7.05 Å². The highest BCUT2D eigenvalue weighted by atomic mass is 32.2. The van der Waals surface area contributed by atoms with Gasteiger partial charge < -0.3 is 14.8 Å². The van der Waals surface area contributed by atoms with Crippen LogP contribution in [-0.4, -0.2) is 49.1 Å². The summed E-state index contributed by atoms with van der Waals surface area (Å²) in [6.45, 7) is 2.11. The zero-order valence-corrected chi connectivity index (χ0v) is 9.11. The van der Waals surface area contributed by atoms with Crippen molar-refractivity contribution in [1.29, 1.82) is 0 Å². The molecule has 1 aliphatic carbocycles. The van der Waals surface area contributed by atoms with Gasteiger partial charge >= 0.3 is 0 Å². The summed E-state index contributed by atoms with van der Waals surface area (Å²) in [6.07, 6.45) is -0.881. The Hall–Kier alpha value is -0.0100. The molecule has 1 aliphatic rings. The highest BCUT2D eigenvalue weighted by Crippen LogP contribution is 2.31. The van der Waals surface area contributed by atoms with Crippen molar-refractivity contribution in [3.8, 4) is 0 Å². The Morgan fingerprint density at radius 3 is 2.43 bits per heavy atom. The Morgan fingerprint density at radius 2 is 2.07 bits per heavy atom. The molecule has 0 bridgehead atoms. The molecule has 2 N–H and O–H groups in total. The van der Waals surface area contributed by atoms with Gasteiger partial charge in [0.05, 0.1) is 12.2 Å². The van der Waals surface area contributed by atoms with Crippen LogP contribution in [-0.2, 0) is 11.3 Å². The van der Waals surface area contributed by atoms with Crippen molar-refractivity contribution in [3.63, 3.8) is 0 Å². The van der Waals surface area contributed by atoms with Crippen molar-refractivity contribution >= 4 is 11.3 Å². The molecule has 0 aromatic heterocycles. The van der Waals surface area contributed by atoms with Gasteiger partial charge in [0, 0.05) is 23.7 Å². The van der Waals surface area contributed by atoms with Crippen molar-refractivity contribution in [1.82, 2.24) is 4.31 Å². The predicted molar refractivity (Wildman–Crippen MR) is 50.8 cm³/mol. The fourth-order valence-corrected chi connectivity index (χ4v) is 2.26. The number of aliphatic hydroxyl groups excluding tert-OH is 2. The van der Waals surface area contributed by atoms with Crippen molar-refractivity contribution in [2.45, 2.75) is 25.6 Å². The van der Waals surface area contributed by atoms with Crippen LogP contribution >= 0.6 is 0 Å². The molecule has 0 heterocycles. The van der Waals surface area contributed by atoms with Crippen LogP contribution in [0.3, 0.4) is 0 Å². The van der Waals surface area contributed by atoms with Crippen LogP contribution in [0.1, 0.15) is 13.3 Å². The SMILES string of the molecule is CC1CC(CN(C)S(=O)[O-])C(O)C1O. The van der Waals surface area contributed by atoms with E-state index >= 15 is 0 Å². The average molecular weight is 222 g/mol. The van der Waals surface area contributed by atoms with E-state index in [9.17, 15) is 19.0 Å². The molecule has 0 aromatic rings. The molecule has 84 valence electrons. The van der Waals surface area contributed by atoms with Crippen molar-refractivity contribution in [3.05, 3.63) is 0 Å². The van der Waals surface area contributed by atoms with E-state index in [4.69, 9.17) is 0 Å². The standard InChI is InChI=1S/C8H17NO4S/c1-5-3-6(8(11)7(5)10)4-9(2)14(12)13/h5-8,10-11H,3-4H2,1-2H3,(H,12,13)/p-1. The summed E-state index contributed by atoms with van der Waals surface area (Å²) >= 11 is -2.25. The second kappa shape index (κ2) is 4.67. The van der Waals surface area contributed by atoms with Gasteiger partial charge in [-0.25, -0.2) is 4.31 Å². The van der Waals surface area contributed by atoms with Gasteiger partial charge in [0.15, 0.2) is 0 Å². The lowest BCUT2D eigenvalue weighted by atomic mass is 10.1. The molecule has 1 saturated carbocycles. The van der Waals surface area contributed by atoms with Gasteiger partial charge in [0.1, 0.15) is 0 Å². The second-order valence-electron chi connectivity index (χ2n) is 3.98. The molecule has 0 saturated heterocycles. The van der Waals surface area contributed by atoms with Crippen LogP contribution < -0.4 is 0 Å². The summed E-state index contributed by atoms with van der Waals surface area (Å²) in [7, 11) is 1.45. The zero-order valence-electron chi connectivity index (χ0n) is 8.29. The quantitative estimate of drug-likeness (QED) is 0.605. The highest BCUT2D eigenvalue weighted by Gasteiger charge is 2.39. The third-order valence-electron chi connectivity index (χ3n) is 2.84. The predicted octanol–water partition coefficient (Wildman–Crippen LogP) is -0.910. The van der Waals surface area contributed by atoms with E-state index in [-0.39, 0.29) is 18.4 Å². The number of rotatable bonds is 3. The highest BCUT2D eigenvalue weighted by molar-refractivity contribution is 7.76. The molecule has 6 heteroatoms. The van der Waals surface area contributed by atoms with Crippen molar-refractivity contribution in [2.24, 2.45) is 11.8 Å². The first-order valence-corrected chi connectivity index (χ1v) is 5.63. The molecule has 5 unspecified atom stereocenters. The molecular formula is C8H16NO4S-. The number of hydrogen-bond acceptors (Lipinski definition) is 4. The number of hydrogen-bond donors (Lipinski definition) is 2. The Morgan fingerprint density at radius 1 is 1.50 bits per heavy atom. The van der Waals surface area contributed by atoms with Gasteiger partial charge in [-0.2, -0.15) is 0 Å². The molecule has 14 heavy (non-hydrogen) atoms. The lowest BCUT2D eigenvalue weighted by Crippen LogP contribution is -2.34. The number of nitrogens with zero attached hydrogens (tertiary/aromatic N) is 1. The molecule has 1 rings (SSSR count). The van der Waals surface area contributed by atoms with Crippen LogP contribution in [0.4, 0.5) is 0 Å². The maximum absolute atomic E-state index is 10.5. The third kappa shape index (κ3) is 2.52. The minimum Gasteiger partial charge on any atom is -0.760 e. The minimum atomic E-state index is -2.25. The summed E-state index contributed by atoms with van der Waals surface area (Å²) < 4.78 is 22.2. The molecule has 0 aliphatic heterocycles. The fourth-order valence-electron chi connectivity index (χ4n) is 1.95. The van der Waals surface area contributed by atoms with Crippen LogP contribution in [0.15, 0.2) is 0 Å². The van der Waals surface area contributed by atoms with Crippen LogP contribution in [0.2, 0.25) is 0 Å². The van der Waals surface area contributed by atoms with Gasteiger partial charge in [-0.1, -0.05) is 6.92 Å². The Bertz CT molecular complexity index is 225. The summed E-state index contributed by atoms with van der Waals surface area (Å²) in [5.74, 6) is -0.133. The maximum atomic E-state index is 10.5. The van der Waals surface area contributed by atoms with E-state index in [0.29, 0.717) is 6.42 Å². The van der Waals surface area contributed by atoms with E-state index in [2.05, 4.69) is 0 Å². The first kappa shape index (κ1) is 12.1. The van der Waals surface area contributed by atoms with E-state index < -0.39 is 23.5 Å². The first-order valence-electron chi connectivity index (χ1n) is 4.60. The minimum absolute atomic E-state index is 0.0310. The molecule has 0 spiro atoms. The van der Waals surface area contributed by atoms with Crippen molar-refractivity contribution in [2.75, 3.05) is 13.6 Å². The van der Waals surface area contributed by atoms with Gasteiger partial charge in [0.25, 0.3) is 0 Å². The molecule has 1 fully saturated rings. The maximum Gasteiger partial charge on any atom is 0.0842 e. The summed E-state index contributed by atoms with van der Waals surface area (Å²) in [5.41, 5.74) is 0. The van der Waals surface area contributed by atoms with E-state index in [1.54, 1.807) is 0 Å². The molecule has 0 aromatic carbocycles. The number of aliphatic hydroxyl groups is 2. The van der Waals surface area contributed by atoms with Gasteiger partial charge in [0.2, 0.25) is 0 Å². The Labute approximate surface area is 86.1 Å². The van der Waals surface area contributed by atoms with Gasteiger partial charge in [-0.05, 0) is 19.4 Å². The fraction of sp³-hybridized carbons (Fsp3) is 1.00. The summed E-state index contributed by atoms with van der Waals surface area (Å²) in [5, 5.41) is 19.0. The van der Waals surface area contributed by atoms with Gasteiger partial charge in [-0.3, -0.25) is 4.21 Å². The Balaban J connectivity index is 2.51. The topological polar surface area (TPSA) is 83.8 Å². The summed E-state index contributed by atoms with van der Waals surface area (Å²) in [6, 6.07) is 0. The van der Waals surface area contributed by atoms with Crippen molar-refractivity contribution < 1.29 is 19.0 Å². The third-order valence-corrected chi connectivity index (χ3v) is 3.49. The van der Waals surface area contributed by atoms with Crippen LogP contribution in [0, 0.1) is 11.8 Å². The lowest BCUT2D eigenvalue weighted by Gasteiger charge is -2.24. The van der Waals surface area contributed by atoms with E-state index in [1.807, 2.05) is 6.92 Å². The average Bonchev–Trinajstić information content (AvgIpc) is 2.33. The molecule has 0 radical (unpaired) electrons. The molecule has 0 amide bonds. The first-order chi connectivity index (χ1) is 6.43. The lowest BCUT2D eigenvalue weighted by molar-refractivity contribution is 0.00469. The van der Waals surface area contributed by atoms with Gasteiger partial charge in [-0.15, -0.1) is 0 Å². The largest absolute Gasteiger partial charge is 0.760 e. The smallest absolute Gasteiger partial charge is 0.0842 e. The van der Waals surface area contributed by atoms with E-state index in [0.717, 1.165) is 4.31 Å². The molecule has 5 atom stereocenters. The van der Waals surface area contributed by atoms with Crippen LogP contribution in [0.25, 0.3) is 0 Å².